The van der Waals surface area contributed by atoms with Gasteiger partial charge in [-0.1, -0.05) is 53.5 Å². The molecule has 8 heteroatoms. The fourth-order valence-corrected chi connectivity index (χ4v) is 3.94. The number of pyridine rings is 1. The maximum absolute atomic E-state index is 6.37. The molecule has 0 bridgehead atoms. The van der Waals surface area contributed by atoms with E-state index in [1.807, 2.05) is 66.7 Å². The van der Waals surface area contributed by atoms with Gasteiger partial charge in [0, 0.05) is 44.0 Å². The molecule has 162 valence electrons. The molecular weight excluding hydrogens is 455 g/mol. The van der Waals surface area contributed by atoms with Gasteiger partial charge in [0.1, 0.15) is 5.82 Å². The summed E-state index contributed by atoms with van der Waals surface area (Å²) < 4.78 is 0. The first-order valence-corrected chi connectivity index (χ1v) is 10.8. The molecule has 5 N–H and O–H groups in total. The molecule has 0 aliphatic carbocycles. The molecule has 0 unspecified atom stereocenters. The number of nitrogen functional groups attached to an aromatic ring is 2. The second-order valence-corrected chi connectivity index (χ2v) is 8.28. The fourth-order valence-electron chi connectivity index (χ4n) is 3.58. The molecule has 3 aromatic carbocycles. The average molecular weight is 473 g/mol. The zero-order valence-electron chi connectivity index (χ0n) is 17.3. The van der Waals surface area contributed by atoms with Crippen LogP contribution < -0.4 is 16.8 Å². The Morgan fingerprint density at radius 1 is 0.727 bits per heavy atom. The predicted octanol–water partition coefficient (Wildman–Crippen LogP) is 6.57. The summed E-state index contributed by atoms with van der Waals surface area (Å²) in [6.07, 6.45) is 0. The molecule has 2 heterocycles. The van der Waals surface area contributed by atoms with E-state index in [4.69, 9.17) is 39.7 Å². The first kappa shape index (κ1) is 21.0. The molecule has 6 nitrogen and oxygen atoms in total. The molecule has 0 aliphatic heterocycles. The summed E-state index contributed by atoms with van der Waals surface area (Å²) in [4.78, 5) is 13.4. The summed E-state index contributed by atoms with van der Waals surface area (Å²) in [7, 11) is 0. The van der Waals surface area contributed by atoms with E-state index in [0.29, 0.717) is 27.2 Å². The van der Waals surface area contributed by atoms with Crippen molar-refractivity contribution in [2.24, 2.45) is 0 Å². The quantitative estimate of drug-likeness (QED) is 0.273. The van der Waals surface area contributed by atoms with Gasteiger partial charge in [-0.05, 0) is 42.5 Å². The molecule has 2 aromatic heterocycles. The van der Waals surface area contributed by atoms with Crippen LogP contribution in [0.5, 0.6) is 0 Å². The molecular formula is C25H18Cl2N6. The van der Waals surface area contributed by atoms with E-state index in [1.54, 1.807) is 12.1 Å². The van der Waals surface area contributed by atoms with Crippen LogP contribution in [0.25, 0.3) is 33.4 Å². The average Bonchev–Trinajstić information content (AvgIpc) is 2.80. The number of nitrogens with zero attached hydrogens (tertiary/aromatic N) is 3. The van der Waals surface area contributed by atoms with Crippen LogP contribution in [-0.4, -0.2) is 15.0 Å². The van der Waals surface area contributed by atoms with Gasteiger partial charge in [-0.2, -0.15) is 4.98 Å². The van der Waals surface area contributed by atoms with Crippen molar-refractivity contribution in [3.05, 3.63) is 88.9 Å². The van der Waals surface area contributed by atoms with Gasteiger partial charge in [0.15, 0.2) is 0 Å². The van der Waals surface area contributed by atoms with Gasteiger partial charge in [-0.15, -0.1) is 0 Å². The van der Waals surface area contributed by atoms with Crippen LogP contribution >= 0.6 is 23.2 Å². The summed E-state index contributed by atoms with van der Waals surface area (Å²) in [6.45, 7) is 0. The number of hydrogen-bond donors (Lipinski definition) is 3. The van der Waals surface area contributed by atoms with Crippen LogP contribution in [0.15, 0.2) is 78.9 Å². The van der Waals surface area contributed by atoms with Crippen LogP contribution in [0.4, 0.5) is 23.1 Å². The third-order valence-corrected chi connectivity index (χ3v) is 5.73. The zero-order chi connectivity index (χ0) is 22.9. The molecule has 0 atom stereocenters. The molecule has 33 heavy (non-hydrogen) atoms. The van der Waals surface area contributed by atoms with Gasteiger partial charge in [0.25, 0.3) is 0 Å². The zero-order valence-corrected chi connectivity index (χ0v) is 18.8. The topological polar surface area (TPSA) is 103 Å². The van der Waals surface area contributed by atoms with Gasteiger partial charge in [-0.3, -0.25) is 0 Å². The highest BCUT2D eigenvalue weighted by atomic mass is 35.5. The van der Waals surface area contributed by atoms with E-state index in [-0.39, 0.29) is 5.95 Å². The SMILES string of the molecule is Nc1nc(Nc2ccc3nc(-c4ccc(Cl)cc4)cc(N)c3c2)cc(-c2ccccc2Cl)n1. The van der Waals surface area contributed by atoms with E-state index in [1.165, 1.54) is 0 Å². The summed E-state index contributed by atoms with van der Waals surface area (Å²) >= 11 is 12.3. The van der Waals surface area contributed by atoms with Crippen LogP contribution in [0, 0.1) is 0 Å². The standard InChI is InChI=1S/C25H18Cl2N6/c26-15-7-5-14(6-8-15)22-12-20(28)18-11-16(9-10-21(18)31-22)30-24-13-23(32-25(29)33-24)17-3-1-2-4-19(17)27/h1-13H,(H2,28,31)(H3,29,30,32,33). The Morgan fingerprint density at radius 2 is 1.52 bits per heavy atom. The molecule has 0 saturated heterocycles. The minimum Gasteiger partial charge on any atom is -0.398 e. The fraction of sp³-hybridized carbons (Fsp3) is 0. The van der Waals surface area contributed by atoms with Crippen LogP contribution in [0.3, 0.4) is 0 Å². The third kappa shape index (κ3) is 4.39. The number of rotatable bonds is 4. The Morgan fingerprint density at radius 3 is 2.30 bits per heavy atom. The summed E-state index contributed by atoms with van der Waals surface area (Å²) in [5, 5.41) is 5.36. The Kier molecular flexibility index (Phi) is 5.46. The second kappa shape index (κ2) is 8.58. The smallest absolute Gasteiger partial charge is 0.222 e. The number of nitrogens with two attached hydrogens (primary N) is 2. The summed E-state index contributed by atoms with van der Waals surface area (Å²) in [5.41, 5.74) is 17.6. The van der Waals surface area contributed by atoms with E-state index in [0.717, 1.165) is 33.4 Å². The van der Waals surface area contributed by atoms with Crippen molar-refractivity contribution in [2.75, 3.05) is 16.8 Å². The Hall–Kier alpha value is -3.87. The maximum Gasteiger partial charge on any atom is 0.222 e. The molecule has 5 rings (SSSR count). The second-order valence-electron chi connectivity index (χ2n) is 7.44. The van der Waals surface area contributed by atoms with Crippen molar-refractivity contribution in [3.8, 4) is 22.5 Å². The van der Waals surface area contributed by atoms with Gasteiger partial charge in [0.05, 0.1) is 16.9 Å². The van der Waals surface area contributed by atoms with E-state index in [2.05, 4.69) is 15.3 Å². The summed E-state index contributed by atoms with van der Waals surface area (Å²) in [5.74, 6) is 0.686. The van der Waals surface area contributed by atoms with Gasteiger partial charge < -0.3 is 16.8 Å². The monoisotopic (exact) mass is 472 g/mol. The lowest BCUT2D eigenvalue weighted by molar-refractivity contribution is 1.19. The highest BCUT2D eigenvalue weighted by molar-refractivity contribution is 6.33. The number of fused-ring (bicyclic) bond motifs is 1. The molecule has 0 aliphatic rings. The predicted molar refractivity (Wildman–Crippen MR) is 137 cm³/mol. The Bertz CT molecular complexity index is 1490. The van der Waals surface area contributed by atoms with Crippen LogP contribution in [0.1, 0.15) is 0 Å². The minimum absolute atomic E-state index is 0.143. The van der Waals surface area contributed by atoms with Gasteiger partial charge >= 0.3 is 0 Å². The van der Waals surface area contributed by atoms with Crippen molar-refractivity contribution in [1.29, 1.82) is 0 Å². The van der Waals surface area contributed by atoms with Crippen molar-refractivity contribution >= 4 is 57.2 Å². The lowest BCUT2D eigenvalue weighted by Crippen LogP contribution is -2.02. The van der Waals surface area contributed by atoms with Gasteiger partial charge in [-0.25, -0.2) is 9.97 Å². The largest absolute Gasteiger partial charge is 0.398 e. The van der Waals surface area contributed by atoms with Gasteiger partial charge in [0.2, 0.25) is 5.95 Å². The molecule has 0 spiro atoms. The molecule has 0 radical (unpaired) electrons. The van der Waals surface area contributed by atoms with E-state index >= 15 is 0 Å². The lowest BCUT2D eigenvalue weighted by atomic mass is 10.1. The number of halogens is 2. The normalized spacial score (nSPS) is 11.0. The first-order chi connectivity index (χ1) is 16.0. The van der Waals surface area contributed by atoms with Crippen molar-refractivity contribution in [2.45, 2.75) is 0 Å². The minimum atomic E-state index is 0.143. The molecule has 0 fully saturated rings. The maximum atomic E-state index is 6.37. The summed E-state index contributed by atoms with van der Waals surface area (Å²) in [6, 6.07) is 24.3. The number of hydrogen-bond acceptors (Lipinski definition) is 6. The highest BCUT2D eigenvalue weighted by Gasteiger charge is 2.10. The van der Waals surface area contributed by atoms with Crippen LogP contribution in [0.2, 0.25) is 10.0 Å². The number of aromatic nitrogens is 3. The van der Waals surface area contributed by atoms with Crippen LogP contribution in [-0.2, 0) is 0 Å². The number of anilines is 4. The lowest BCUT2D eigenvalue weighted by Gasteiger charge is -2.12. The molecule has 0 saturated carbocycles. The number of benzene rings is 3. The van der Waals surface area contributed by atoms with Crippen molar-refractivity contribution < 1.29 is 0 Å². The Labute approximate surface area is 200 Å². The van der Waals surface area contributed by atoms with E-state index in [9.17, 15) is 0 Å². The molecule has 0 amide bonds. The molecule has 5 aromatic rings. The van der Waals surface area contributed by atoms with E-state index < -0.39 is 0 Å². The third-order valence-electron chi connectivity index (χ3n) is 5.15. The Balaban J connectivity index is 1.49. The number of nitrogens with one attached hydrogen (secondary N) is 1. The van der Waals surface area contributed by atoms with Crippen molar-refractivity contribution in [3.63, 3.8) is 0 Å². The van der Waals surface area contributed by atoms with Crippen molar-refractivity contribution in [1.82, 2.24) is 15.0 Å². The highest BCUT2D eigenvalue weighted by Crippen LogP contribution is 2.31. The first-order valence-electron chi connectivity index (χ1n) is 10.1.